The van der Waals surface area contributed by atoms with Crippen LogP contribution in [0.25, 0.3) is 0 Å². The van der Waals surface area contributed by atoms with Gasteiger partial charge in [0.1, 0.15) is 9.79 Å². The van der Waals surface area contributed by atoms with E-state index in [4.69, 9.17) is 13.7 Å². The first-order valence-electron chi connectivity index (χ1n) is 4.24. The van der Waals surface area contributed by atoms with Crippen molar-refractivity contribution in [1.29, 1.82) is 0 Å². The quantitative estimate of drug-likeness (QED) is 0.113. The van der Waals surface area contributed by atoms with Crippen molar-refractivity contribution in [3.8, 4) is 5.75 Å². The van der Waals surface area contributed by atoms with Gasteiger partial charge in [-0.15, -0.1) is 23.3 Å². The molecule has 0 bridgehead atoms. The van der Waals surface area contributed by atoms with Crippen LogP contribution in [0.5, 0.6) is 5.75 Å². The van der Waals surface area contributed by atoms with Gasteiger partial charge in [0, 0.05) is 0 Å². The predicted molar refractivity (Wildman–Crippen MR) is 77.7 cm³/mol. The first-order chi connectivity index (χ1) is 9.24. The number of hydrogen-bond acceptors (Lipinski definition) is 9. The molecule has 126 valence electrons. The summed E-state index contributed by atoms with van der Waals surface area (Å²) in [5.41, 5.74) is 0. The molecule has 17 heteroatoms. The van der Waals surface area contributed by atoms with Gasteiger partial charge in [-0.2, -0.15) is 25.3 Å². The zero-order chi connectivity index (χ0) is 17.2. The topological polar surface area (TPSA) is 183 Å². The smallest absolute Gasteiger partial charge is 1.00 e. The molecule has 0 heterocycles. The van der Waals surface area contributed by atoms with E-state index in [0.717, 1.165) is 0 Å². The fraction of sp³-hybridized carbons (Fsp3) is 0. The Kier molecular flexibility index (Phi) is 13.4. The second kappa shape index (κ2) is 10.6. The van der Waals surface area contributed by atoms with Crippen LogP contribution in [0.1, 0.15) is 2.85 Å². The molecule has 0 unspecified atom stereocenters. The first kappa shape index (κ1) is 29.2. The van der Waals surface area contributed by atoms with E-state index < -0.39 is 50.8 Å². The summed E-state index contributed by atoms with van der Waals surface area (Å²) in [7, 11) is -15.4. The fourth-order valence-electron chi connectivity index (χ4n) is 1.10. The van der Waals surface area contributed by atoms with Gasteiger partial charge in [-0.1, -0.05) is 0 Å². The molecule has 0 saturated heterocycles. The Balaban J connectivity index is -0.000000214. The minimum absolute atomic E-state index is 0. The van der Waals surface area contributed by atoms with Crippen LogP contribution in [0.2, 0.25) is 0 Å². The third-order valence-electron chi connectivity index (χ3n) is 1.87. The Hall–Kier alpha value is 1.45. The Morgan fingerprint density at radius 3 is 1.17 bits per heavy atom. The van der Waals surface area contributed by atoms with Crippen LogP contribution >= 0.6 is 23.3 Å². The van der Waals surface area contributed by atoms with Crippen molar-refractivity contribution < 1.29 is 106 Å². The second-order valence-electron chi connectivity index (χ2n) is 3.19. The first-order valence-corrected chi connectivity index (χ1v) is 10.2. The van der Waals surface area contributed by atoms with Crippen LogP contribution in [-0.4, -0.2) is 44.0 Å². The fourth-order valence-corrected chi connectivity index (χ4v) is 3.11. The number of hydrogen-bond donors (Lipinski definition) is 6. The molecule has 0 aromatic heterocycles. The van der Waals surface area contributed by atoms with E-state index in [1.165, 1.54) is 0 Å². The molecule has 0 atom stereocenters. The molecule has 0 fully saturated rings. The Bertz CT molecular complexity index is 801. The molecular weight excluding hydrogens is 438 g/mol. The summed E-state index contributed by atoms with van der Waals surface area (Å²) in [6, 6.07) is 0.239. The van der Waals surface area contributed by atoms with Crippen LogP contribution in [-0.2, 0) is 30.4 Å². The molecule has 4 N–H and O–H groups in total. The average Bonchev–Trinajstić information content (AvgIpc) is 2.27. The zero-order valence-corrected chi connectivity index (χ0v) is 19.8. The third kappa shape index (κ3) is 8.59. The van der Waals surface area contributed by atoms with Crippen molar-refractivity contribution in [2.45, 2.75) is 14.7 Å². The van der Waals surface area contributed by atoms with Crippen LogP contribution in [0, 0.1) is 0 Å². The van der Waals surface area contributed by atoms with Crippen LogP contribution in [0.15, 0.2) is 26.8 Å². The maximum atomic E-state index is 10.9. The second-order valence-corrected chi connectivity index (χ2v) is 7.39. The number of aromatic hydroxyl groups is 1. The van der Waals surface area contributed by atoms with Crippen LogP contribution in [0.3, 0.4) is 0 Å². The van der Waals surface area contributed by atoms with Gasteiger partial charge in [-0.25, -0.2) is 0 Å². The minimum atomic E-state index is -5.20. The standard InChI is InChI=1S/C6H6O10S3.2Na.H2S2.2H/c7-6-4(18(11,12)13)1-3(17(8,9)10)2-5(6)19(14,15)16;;;1-2;;/h1-2,7H,(H,8,9,10)(H,11,12,13)(H,14,15,16);;;1-2H;;/q;2*+1;;2*-1. The molecule has 0 spiro atoms. The largest absolute Gasteiger partial charge is 1.00 e. The van der Waals surface area contributed by atoms with Gasteiger partial charge >= 0.3 is 59.1 Å². The minimum Gasteiger partial charge on any atom is -1.00 e. The Labute approximate surface area is 190 Å². The van der Waals surface area contributed by atoms with E-state index in [-0.39, 0.29) is 74.1 Å². The number of phenols is 1. The molecular formula is C6H10Na2O10S5. The molecule has 1 aromatic carbocycles. The third-order valence-corrected chi connectivity index (χ3v) is 4.43. The number of phenolic OH excluding ortho intramolecular Hbond substituents is 1. The summed E-state index contributed by atoms with van der Waals surface area (Å²) in [6.07, 6.45) is 0. The maximum absolute atomic E-state index is 10.9. The summed E-state index contributed by atoms with van der Waals surface area (Å²) in [5.74, 6) is -1.59. The summed E-state index contributed by atoms with van der Waals surface area (Å²) < 4.78 is 91.2. The monoisotopic (exact) mass is 448 g/mol. The van der Waals surface area contributed by atoms with Gasteiger partial charge in [-0.05, 0) is 12.1 Å². The molecule has 0 aliphatic heterocycles. The summed E-state index contributed by atoms with van der Waals surface area (Å²) >= 11 is 6.44. The summed E-state index contributed by atoms with van der Waals surface area (Å²) in [4.78, 5) is -4.27. The maximum Gasteiger partial charge on any atom is 1.00 e. The van der Waals surface area contributed by atoms with Gasteiger partial charge in [-0.3, -0.25) is 13.7 Å². The van der Waals surface area contributed by atoms with E-state index in [1.807, 2.05) is 0 Å². The van der Waals surface area contributed by atoms with Crippen molar-refractivity contribution in [2.75, 3.05) is 0 Å². The van der Waals surface area contributed by atoms with Gasteiger partial charge in [0.25, 0.3) is 30.4 Å². The molecule has 0 aliphatic rings. The van der Waals surface area contributed by atoms with E-state index in [0.29, 0.717) is 0 Å². The molecule has 1 aromatic rings. The van der Waals surface area contributed by atoms with Crippen molar-refractivity contribution in [2.24, 2.45) is 0 Å². The summed E-state index contributed by atoms with van der Waals surface area (Å²) in [5, 5.41) is 9.30. The Morgan fingerprint density at radius 2 is 1.00 bits per heavy atom. The molecule has 0 radical (unpaired) electrons. The van der Waals surface area contributed by atoms with Gasteiger partial charge in [0.05, 0.1) is 4.90 Å². The SMILES string of the molecule is O=S(=O)(O)c1cc(S(=O)(=O)O)c(O)c(S(=O)(=O)O)c1.SS.[H-].[H-].[Na+].[Na+]. The van der Waals surface area contributed by atoms with Gasteiger partial charge in [0.15, 0.2) is 5.75 Å². The van der Waals surface area contributed by atoms with E-state index >= 15 is 0 Å². The molecule has 0 amide bonds. The van der Waals surface area contributed by atoms with E-state index in [9.17, 15) is 30.4 Å². The van der Waals surface area contributed by atoms with Crippen LogP contribution in [0.4, 0.5) is 0 Å². The molecule has 0 saturated carbocycles. The van der Waals surface area contributed by atoms with Crippen molar-refractivity contribution >= 4 is 53.7 Å². The molecule has 0 aliphatic carbocycles. The van der Waals surface area contributed by atoms with Crippen molar-refractivity contribution in [1.82, 2.24) is 0 Å². The number of thiol groups is 2. The molecule has 10 nitrogen and oxygen atoms in total. The normalized spacial score (nSPS) is 11.3. The summed E-state index contributed by atoms with van der Waals surface area (Å²) in [6.45, 7) is 0. The van der Waals surface area contributed by atoms with Crippen molar-refractivity contribution in [3.63, 3.8) is 0 Å². The van der Waals surface area contributed by atoms with Crippen LogP contribution < -0.4 is 59.1 Å². The average molecular weight is 448 g/mol. The number of benzene rings is 1. The Morgan fingerprint density at radius 1 is 0.739 bits per heavy atom. The van der Waals surface area contributed by atoms with Crippen molar-refractivity contribution in [3.05, 3.63) is 12.1 Å². The number of rotatable bonds is 3. The zero-order valence-electron chi connectivity index (χ0n) is 13.5. The molecule has 1 rings (SSSR count). The molecule has 23 heavy (non-hydrogen) atoms. The van der Waals surface area contributed by atoms with E-state index in [2.05, 4.69) is 23.3 Å². The van der Waals surface area contributed by atoms with Gasteiger partial charge < -0.3 is 7.96 Å². The van der Waals surface area contributed by atoms with E-state index in [1.54, 1.807) is 0 Å². The predicted octanol–water partition coefficient (Wildman–Crippen LogP) is -5.87. The van der Waals surface area contributed by atoms with Gasteiger partial charge in [0.2, 0.25) is 0 Å².